The van der Waals surface area contributed by atoms with Crippen LogP contribution in [-0.4, -0.2) is 48.1 Å². The number of carbonyl (C=O) groups excluding carboxylic acids is 1. The summed E-state index contributed by atoms with van der Waals surface area (Å²) in [7, 11) is 0. The van der Waals surface area contributed by atoms with Crippen molar-refractivity contribution in [2.45, 2.75) is 32.8 Å². The zero-order valence-electron chi connectivity index (χ0n) is 12.6. The SMILES string of the molecule is CC(C)COC1CCN(C(=O)c2csc(CCN)n2)C1.Cl. The number of rotatable bonds is 6. The first-order chi connectivity index (χ1) is 9.60. The molecule has 120 valence electrons. The first kappa shape index (κ1) is 18.4. The Morgan fingerprint density at radius 3 is 3.05 bits per heavy atom. The fourth-order valence-electron chi connectivity index (χ4n) is 2.19. The number of halogens is 1. The molecule has 7 heteroatoms. The lowest BCUT2D eigenvalue weighted by molar-refractivity contribution is 0.0395. The minimum atomic E-state index is 0. The van der Waals surface area contributed by atoms with E-state index in [1.54, 1.807) is 0 Å². The Labute approximate surface area is 136 Å². The molecule has 2 rings (SSSR count). The second-order valence-electron chi connectivity index (χ2n) is 5.55. The predicted octanol–water partition coefficient (Wildman–Crippen LogP) is 1.95. The lowest BCUT2D eigenvalue weighted by Gasteiger charge is -2.16. The Hall–Kier alpha value is -0.690. The number of nitrogens with two attached hydrogens (primary N) is 1. The van der Waals surface area contributed by atoms with Crippen molar-refractivity contribution < 1.29 is 9.53 Å². The summed E-state index contributed by atoms with van der Waals surface area (Å²) in [5, 5.41) is 2.76. The second-order valence-corrected chi connectivity index (χ2v) is 6.50. The third-order valence-electron chi connectivity index (χ3n) is 3.23. The van der Waals surface area contributed by atoms with Crippen molar-refractivity contribution in [1.82, 2.24) is 9.88 Å². The largest absolute Gasteiger partial charge is 0.376 e. The highest BCUT2D eigenvalue weighted by molar-refractivity contribution is 7.09. The molecule has 1 aromatic rings. The van der Waals surface area contributed by atoms with Crippen molar-refractivity contribution in [2.24, 2.45) is 11.7 Å². The molecule has 1 aromatic heterocycles. The van der Waals surface area contributed by atoms with Crippen LogP contribution < -0.4 is 5.73 Å². The Balaban J connectivity index is 0.00000220. The molecular formula is C14H24ClN3O2S. The van der Waals surface area contributed by atoms with E-state index in [2.05, 4.69) is 18.8 Å². The molecule has 0 aromatic carbocycles. The molecule has 1 aliphatic heterocycles. The maximum absolute atomic E-state index is 12.3. The summed E-state index contributed by atoms with van der Waals surface area (Å²) >= 11 is 1.51. The maximum atomic E-state index is 12.3. The van der Waals surface area contributed by atoms with Crippen LogP contribution in [-0.2, 0) is 11.2 Å². The average molecular weight is 334 g/mol. The molecule has 0 radical (unpaired) electrons. The van der Waals surface area contributed by atoms with Gasteiger partial charge in [0.1, 0.15) is 5.69 Å². The van der Waals surface area contributed by atoms with Gasteiger partial charge in [-0.25, -0.2) is 4.98 Å². The van der Waals surface area contributed by atoms with Crippen LogP contribution in [0, 0.1) is 5.92 Å². The van der Waals surface area contributed by atoms with E-state index >= 15 is 0 Å². The van der Waals surface area contributed by atoms with Gasteiger partial charge in [-0.15, -0.1) is 23.7 Å². The minimum Gasteiger partial charge on any atom is -0.376 e. The number of hydrogen-bond donors (Lipinski definition) is 1. The summed E-state index contributed by atoms with van der Waals surface area (Å²) in [4.78, 5) is 18.5. The van der Waals surface area contributed by atoms with Gasteiger partial charge >= 0.3 is 0 Å². The van der Waals surface area contributed by atoms with E-state index in [-0.39, 0.29) is 24.4 Å². The highest BCUT2D eigenvalue weighted by Gasteiger charge is 2.28. The van der Waals surface area contributed by atoms with Gasteiger partial charge in [-0.05, 0) is 18.9 Å². The van der Waals surface area contributed by atoms with Crippen molar-refractivity contribution >= 4 is 29.7 Å². The van der Waals surface area contributed by atoms with E-state index in [4.69, 9.17) is 10.5 Å². The third-order valence-corrected chi connectivity index (χ3v) is 4.14. The summed E-state index contributed by atoms with van der Waals surface area (Å²) in [5.41, 5.74) is 6.04. The number of nitrogens with zero attached hydrogens (tertiary/aromatic N) is 2. The standard InChI is InChI=1S/C14H23N3O2S.ClH/c1-10(2)8-19-11-4-6-17(7-11)14(18)12-9-20-13(16-12)3-5-15;/h9-11H,3-8,15H2,1-2H3;1H. The number of thiazole rings is 1. The van der Waals surface area contributed by atoms with Crippen molar-refractivity contribution in [3.63, 3.8) is 0 Å². The van der Waals surface area contributed by atoms with Crippen molar-refractivity contribution in [3.8, 4) is 0 Å². The summed E-state index contributed by atoms with van der Waals surface area (Å²) in [5.74, 6) is 0.539. The molecule has 1 unspecified atom stereocenters. The van der Waals surface area contributed by atoms with E-state index in [1.165, 1.54) is 11.3 Å². The number of aromatic nitrogens is 1. The van der Waals surface area contributed by atoms with Crippen molar-refractivity contribution in [2.75, 3.05) is 26.2 Å². The third kappa shape index (κ3) is 5.21. The van der Waals surface area contributed by atoms with E-state index < -0.39 is 0 Å². The van der Waals surface area contributed by atoms with Gasteiger partial charge in [0.25, 0.3) is 5.91 Å². The van der Waals surface area contributed by atoms with Crippen molar-refractivity contribution in [1.29, 1.82) is 0 Å². The van der Waals surface area contributed by atoms with E-state index in [1.807, 2.05) is 10.3 Å². The topological polar surface area (TPSA) is 68.5 Å². The molecule has 1 fully saturated rings. The molecular weight excluding hydrogens is 310 g/mol. The number of carbonyl (C=O) groups is 1. The lowest BCUT2D eigenvalue weighted by atomic mass is 10.2. The first-order valence-corrected chi connectivity index (χ1v) is 8.03. The Kier molecular flexibility index (Phi) is 7.59. The van der Waals surface area contributed by atoms with Crippen LogP contribution in [0.5, 0.6) is 0 Å². The van der Waals surface area contributed by atoms with Gasteiger partial charge in [-0.3, -0.25) is 4.79 Å². The van der Waals surface area contributed by atoms with Gasteiger partial charge in [-0.2, -0.15) is 0 Å². The zero-order chi connectivity index (χ0) is 14.5. The maximum Gasteiger partial charge on any atom is 0.273 e. The van der Waals surface area contributed by atoms with Crippen molar-refractivity contribution in [3.05, 3.63) is 16.1 Å². The highest BCUT2D eigenvalue weighted by atomic mass is 35.5. The van der Waals surface area contributed by atoms with Gasteiger partial charge in [0.15, 0.2) is 0 Å². The van der Waals surface area contributed by atoms with E-state index in [9.17, 15) is 4.79 Å². The van der Waals surface area contributed by atoms with Crippen LogP contribution in [0.4, 0.5) is 0 Å². The summed E-state index contributed by atoms with van der Waals surface area (Å²) < 4.78 is 5.80. The normalized spacial score (nSPS) is 18.1. The molecule has 21 heavy (non-hydrogen) atoms. The van der Waals surface area contributed by atoms with Gasteiger partial charge in [0.05, 0.1) is 11.1 Å². The highest BCUT2D eigenvalue weighted by Crippen LogP contribution is 2.18. The molecule has 1 saturated heterocycles. The van der Waals surface area contributed by atoms with Crippen LogP contribution in [0.15, 0.2) is 5.38 Å². The Bertz CT molecular complexity index is 453. The summed E-state index contributed by atoms with van der Waals surface area (Å²) in [6.45, 7) is 7.01. The molecule has 1 aliphatic rings. The number of amides is 1. The second kappa shape index (κ2) is 8.68. The molecule has 0 saturated carbocycles. The monoisotopic (exact) mass is 333 g/mol. The first-order valence-electron chi connectivity index (χ1n) is 7.15. The molecule has 2 N–H and O–H groups in total. The van der Waals surface area contributed by atoms with Gasteiger partial charge in [-0.1, -0.05) is 13.8 Å². The Morgan fingerprint density at radius 1 is 1.62 bits per heavy atom. The van der Waals surface area contributed by atoms with Gasteiger partial charge in [0.2, 0.25) is 0 Å². The summed E-state index contributed by atoms with van der Waals surface area (Å²) in [6, 6.07) is 0. The minimum absolute atomic E-state index is 0. The van der Waals surface area contributed by atoms with Crippen LogP contribution in [0.2, 0.25) is 0 Å². The molecule has 1 amide bonds. The van der Waals surface area contributed by atoms with Crippen LogP contribution in [0.3, 0.4) is 0 Å². The Morgan fingerprint density at radius 2 is 2.38 bits per heavy atom. The van der Waals surface area contributed by atoms with Gasteiger partial charge < -0.3 is 15.4 Å². The fraction of sp³-hybridized carbons (Fsp3) is 0.714. The molecule has 0 bridgehead atoms. The quantitative estimate of drug-likeness (QED) is 0.864. The summed E-state index contributed by atoms with van der Waals surface area (Å²) in [6.07, 6.45) is 1.82. The molecule has 0 spiro atoms. The zero-order valence-corrected chi connectivity index (χ0v) is 14.2. The van der Waals surface area contributed by atoms with E-state index in [0.29, 0.717) is 24.7 Å². The predicted molar refractivity (Wildman–Crippen MR) is 87.2 cm³/mol. The molecule has 2 heterocycles. The molecule has 1 atom stereocenters. The molecule has 5 nitrogen and oxygen atoms in total. The molecule has 0 aliphatic carbocycles. The van der Waals surface area contributed by atoms with Crippen LogP contribution in [0.25, 0.3) is 0 Å². The lowest BCUT2D eigenvalue weighted by Crippen LogP contribution is -2.30. The number of ether oxygens (including phenoxy) is 1. The van der Waals surface area contributed by atoms with E-state index in [0.717, 1.165) is 31.0 Å². The average Bonchev–Trinajstić information content (AvgIpc) is 3.05. The number of hydrogen-bond acceptors (Lipinski definition) is 5. The van der Waals surface area contributed by atoms with Crippen LogP contribution in [0.1, 0.15) is 35.8 Å². The van der Waals surface area contributed by atoms with Gasteiger partial charge in [0, 0.05) is 31.5 Å². The fourth-order valence-corrected chi connectivity index (χ4v) is 2.97. The van der Waals surface area contributed by atoms with Crippen LogP contribution >= 0.6 is 23.7 Å². The number of likely N-dealkylation sites (tertiary alicyclic amines) is 1. The smallest absolute Gasteiger partial charge is 0.273 e.